The molecule has 0 amide bonds. The van der Waals surface area contributed by atoms with Gasteiger partial charge in [0, 0.05) is 18.4 Å². The molecule has 3 nitrogen and oxygen atoms in total. The van der Waals surface area contributed by atoms with Crippen LogP contribution in [0.3, 0.4) is 0 Å². The molecule has 1 aromatic carbocycles. The molecule has 2 atom stereocenters. The first-order chi connectivity index (χ1) is 12.3. The fraction of sp³-hybridized carbons (Fsp3) is 0.609. The van der Waals surface area contributed by atoms with Gasteiger partial charge in [0.2, 0.25) is 0 Å². The SMILES string of the molecule is COC(=O)C1=C[C@H](c2ccccc2)C2(CCC(C(C)(C)C)CC2)[C@@H]1OC. The Morgan fingerprint density at radius 2 is 1.69 bits per heavy atom. The molecule has 1 aromatic rings. The Morgan fingerprint density at radius 1 is 1.08 bits per heavy atom. The maximum atomic E-state index is 12.4. The van der Waals surface area contributed by atoms with Crippen molar-refractivity contribution in [1.82, 2.24) is 0 Å². The molecule has 2 aliphatic carbocycles. The normalized spacial score (nSPS) is 31.7. The molecular weight excluding hydrogens is 324 g/mol. The van der Waals surface area contributed by atoms with Gasteiger partial charge in [0.25, 0.3) is 0 Å². The lowest BCUT2D eigenvalue weighted by Gasteiger charge is -2.48. The van der Waals surface area contributed by atoms with Crippen LogP contribution in [0.25, 0.3) is 0 Å². The lowest BCUT2D eigenvalue weighted by Crippen LogP contribution is -2.43. The number of rotatable bonds is 3. The van der Waals surface area contributed by atoms with Crippen LogP contribution < -0.4 is 0 Å². The minimum Gasteiger partial charge on any atom is -0.466 e. The van der Waals surface area contributed by atoms with Gasteiger partial charge in [0.05, 0.1) is 18.8 Å². The molecule has 0 unspecified atom stereocenters. The summed E-state index contributed by atoms with van der Waals surface area (Å²) in [4.78, 5) is 12.4. The van der Waals surface area contributed by atoms with Crippen LogP contribution in [0.2, 0.25) is 0 Å². The van der Waals surface area contributed by atoms with Crippen LogP contribution in [0, 0.1) is 16.7 Å². The number of carbonyl (C=O) groups excluding carboxylic acids is 1. The quantitative estimate of drug-likeness (QED) is 0.705. The van der Waals surface area contributed by atoms with E-state index in [9.17, 15) is 4.79 Å². The van der Waals surface area contributed by atoms with Crippen LogP contribution in [0.5, 0.6) is 0 Å². The Balaban J connectivity index is 1.99. The van der Waals surface area contributed by atoms with Crippen molar-refractivity contribution in [2.75, 3.05) is 14.2 Å². The highest BCUT2D eigenvalue weighted by Crippen LogP contribution is 2.59. The maximum Gasteiger partial charge on any atom is 0.336 e. The van der Waals surface area contributed by atoms with Gasteiger partial charge in [-0.2, -0.15) is 0 Å². The van der Waals surface area contributed by atoms with E-state index in [2.05, 4.69) is 51.1 Å². The highest BCUT2D eigenvalue weighted by molar-refractivity contribution is 5.91. The molecule has 0 aromatic heterocycles. The first kappa shape index (κ1) is 19.2. The molecule has 0 aliphatic heterocycles. The zero-order valence-corrected chi connectivity index (χ0v) is 16.7. The van der Waals surface area contributed by atoms with Crippen LogP contribution in [-0.2, 0) is 14.3 Å². The second kappa shape index (κ2) is 7.19. The van der Waals surface area contributed by atoms with Crippen molar-refractivity contribution in [2.24, 2.45) is 16.7 Å². The summed E-state index contributed by atoms with van der Waals surface area (Å²) in [5, 5.41) is 0. The number of hydrogen-bond acceptors (Lipinski definition) is 3. The number of hydrogen-bond donors (Lipinski definition) is 0. The van der Waals surface area contributed by atoms with Gasteiger partial charge < -0.3 is 9.47 Å². The fourth-order valence-electron chi connectivity index (χ4n) is 5.24. The smallest absolute Gasteiger partial charge is 0.336 e. The van der Waals surface area contributed by atoms with Gasteiger partial charge in [-0.15, -0.1) is 0 Å². The second-order valence-electron chi connectivity index (χ2n) is 8.99. The van der Waals surface area contributed by atoms with E-state index in [1.165, 1.54) is 25.5 Å². The van der Waals surface area contributed by atoms with Crippen molar-refractivity contribution in [3.63, 3.8) is 0 Å². The van der Waals surface area contributed by atoms with Crippen LogP contribution >= 0.6 is 0 Å². The molecule has 2 aliphatic rings. The molecule has 0 N–H and O–H groups in total. The average molecular weight is 357 g/mol. The molecule has 3 heteroatoms. The Bertz CT molecular complexity index is 660. The summed E-state index contributed by atoms with van der Waals surface area (Å²) in [5.74, 6) is 0.653. The van der Waals surface area contributed by atoms with E-state index < -0.39 is 0 Å². The van der Waals surface area contributed by atoms with E-state index in [1.807, 2.05) is 6.07 Å². The van der Waals surface area contributed by atoms with Gasteiger partial charge in [-0.3, -0.25) is 0 Å². The molecule has 142 valence electrons. The minimum atomic E-state index is -0.257. The number of allylic oxidation sites excluding steroid dienone is 1. The summed E-state index contributed by atoms with van der Waals surface area (Å²) in [5.41, 5.74) is 2.23. The highest BCUT2D eigenvalue weighted by atomic mass is 16.5. The van der Waals surface area contributed by atoms with Crippen molar-refractivity contribution in [3.8, 4) is 0 Å². The Kier molecular flexibility index (Phi) is 5.30. The van der Waals surface area contributed by atoms with Gasteiger partial charge in [0.1, 0.15) is 0 Å². The standard InChI is InChI=1S/C23H32O3/c1-22(2,3)17-11-13-23(14-12-17)19(16-9-7-6-8-10-16)15-18(20(23)25-4)21(24)26-5/h6-10,15,17,19-20H,11-14H2,1-5H3/t17?,19-,20-,23?/m1/s1. The van der Waals surface area contributed by atoms with Crippen LogP contribution in [-0.4, -0.2) is 26.3 Å². The van der Waals surface area contributed by atoms with E-state index >= 15 is 0 Å². The number of carbonyl (C=O) groups is 1. The third kappa shape index (κ3) is 3.22. The van der Waals surface area contributed by atoms with E-state index in [0.29, 0.717) is 16.9 Å². The predicted octanol–water partition coefficient (Wildman–Crippen LogP) is 5.12. The molecule has 0 bridgehead atoms. The van der Waals surface area contributed by atoms with Crippen molar-refractivity contribution in [3.05, 3.63) is 47.5 Å². The maximum absolute atomic E-state index is 12.4. The van der Waals surface area contributed by atoms with E-state index in [4.69, 9.17) is 9.47 Å². The molecule has 0 heterocycles. The van der Waals surface area contributed by atoms with Crippen molar-refractivity contribution < 1.29 is 14.3 Å². The Morgan fingerprint density at radius 3 is 2.19 bits per heavy atom. The van der Waals surface area contributed by atoms with Gasteiger partial charge in [-0.1, -0.05) is 57.2 Å². The van der Waals surface area contributed by atoms with E-state index in [-0.39, 0.29) is 23.4 Å². The third-order valence-electron chi connectivity index (χ3n) is 6.73. The van der Waals surface area contributed by atoms with Gasteiger partial charge in [-0.25, -0.2) is 4.79 Å². The average Bonchev–Trinajstić information content (AvgIpc) is 2.95. The monoisotopic (exact) mass is 356 g/mol. The molecule has 0 saturated heterocycles. The summed E-state index contributed by atoms with van der Waals surface area (Å²) in [6.07, 6.45) is 6.42. The topological polar surface area (TPSA) is 35.5 Å². The fourth-order valence-corrected chi connectivity index (χ4v) is 5.24. The molecule has 0 radical (unpaired) electrons. The first-order valence-electron chi connectivity index (χ1n) is 9.71. The number of methoxy groups -OCH3 is 2. The summed E-state index contributed by atoms with van der Waals surface area (Å²) in [6, 6.07) is 10.5. The first-order valence-corrected chi connectivity index (χ1v) is 9.71. The van der Waals surface area contributed by atoms with E-state index in [1.54, 1.807) is 7.11 Å². The molecule has 1 saturated carbocycles. The van der Waals surface area contributed by atoms with Crippen molar-refractivity contribution >= 4 is 5.97 Å². The Hall–Kier alpha value is -1.61. The zero-order chi connectivity index (χ0) is 18.9. The van der Waals surface area contributed by atoms with Crippen molar-refractivity contribution in [1.29, 1.82) is 0 Å². The summed E-state index contributed by atoms with van der Waals surface area (Å²) < 4.78 is 11.0. The van der Waals surface area contributed by atoms with Crippen LogP contribution in [0.4, 0.5) is 0 Å². The summed E-state index contributed by atoms with van der Waals surface area (Å²) in [7, 11) is 3.18. The number of esters is 1. The molecule has 1 spiro atoms. The van der Waals surface area contributed by atoms with Gasteiger partial charge in [0.15, 0.2) is 0 Å². The largest absolute Gasteiger partial charge is 0.466 e. The summed E-state index contributed by atoms with van der Waals surface area (Å²) >= 11 is 0. The minimum absolute atomic E-state index is 0.0542. The molecule has 26 heavy (non-hydrogen) atoms. The van der Waals surface area contributed by atoms with Gasteiger partial charge >= 0.3 is 5.97 Å². The van der Waals surface area contributed by atoms with Crippen LogP contribution in [0.1, 0.15) is 57.9 Å². The summed E-state index contributed by atoms with van der Waals surface area (Å²) in [6.45, 7) is 7.01. The van der Waals surface area contributed by atoms with E-state index in [0.717, 1.165) is 12.8 Å². The Labute approximate surface area is 157 Å². The zero-order valence-electron chi connectivity index (χ0n) is 16.7. The molecular formula is C23H32O3. The molecule has 1 fully saturated rings. The van der Waals surface area contributed by atoms with Crippen LogP contribution in [0.15, 0.2) is 42.0 Å². The van der Waals surface area contributed by atoms with Gasteiger partial charge in [-0.05, 0) is 42.6 Å². The molecule has 3 rings (SSSR count). The number of benzene rings is 1. The lowest BCUT2D eigenvalue weighted by molar-refractivity contribution is -0.138. The second-order valence-corrected chi connectivity index (χ2v) is 8.99. The third-order valence-corrected chi connectivity index (χ3v) is 6.73. The lowest BCUT2D eigenvalue weighted by atomic mass is 9.58. The van der Waals surface area contributed by atoms with Crippen molar-refractivity contribution in [2.45, 2.75) is 58.5 Å². The predicted molar refractivity (Wildman–Crippen MR) is 104 cm³/mol. The highest BCUT2D eigenvalue weighted by Gasteiger charge is 2.55. The number of ether oxygens (including phenoxy) is 2.